The number of alkyl halides is 3. The number of hydrogen-bond acceptors (Lipinski definition) is 1. The van der Waals surface area contributed by atoms with Gasteiger partial charge in [0.15, 0.2) is 5.78 Å². The fraction of sp³-hybridized carbons (Fsp3) is 0.300. The van der Waals surface area contributed by atoms with Crippen LogP contribution >= 0.6 is 0 Å². The standard InChI is InChI=1S/C10H8F4O/c1-5-3-4-7(10(12,13)14)9(11)8(5)6(2)15/h3-4H,1-2H3. The maximum Gasteiger partial charge on any atom is 0.419 e. The van der Waals surface area contributed by atoms with Crippen molar-refractivity contribution in [3.8, 4) is 0 Å². The van der Waals surface area contributed by atoms with Gasteiger partial charge in [-0.25, -0.2) is 4.39 Å². The third-order valence-corrected chi connectivity index (χ3v) is 2.01. The largest absolute Gasteiger partial charge is 0.419 e. The Morgan fingerprint density at radius 2 is 1.80 bits per heavy atom. The summed E-state index contributed by atoms with van der Waals surface area (Å²) in [6.45, 7) is 2.42. The van der Waals surface area contributed by atoms with Gasteiger partial charge in [-0.3, -0.25) is 4.79 Å². The molecule has 0 bridgehead atoms. The monoisotopic (exact) mass is 220 g/mol. The minimum atomic E-state index is -4.78. The molecule has 0 aliphatic carbocycles. The summed E-state index contributed by atoms with van der Waals surface area (Å²) in [5.41, 5.74) is -1.70. The van der Waals surface area contributed by atoms with Gasteiger partial charge in [-0.05, 0) is 25.5 Å². The zero-order valence-electron chi connectivity index (χ0n) is 8.07. The first kappa shape index (κ1) is 11.7. The fourth-order valence-electron chi connectivity index (χ4n) is 1.32. The Labute approximate surface area is 83.7 Å². The van der Waals surface area contributed by atoms with Crippen molar-refractivity contribution < 1.29 is 22.4 Å². The number of aryl methyl sites for hydroxylation is 1. The minimum Gasteiger partial charge on any atom is -0.294 e. The minimum absolute atomic E-state index is 0.202. The molecule has 0 heterocycles. The normalized spacial score (nSPS) is 11.6. The second-order valence-corrected chi connectivity index (χ2v) is 3.17. The van der Waals surface area contributed by atoms with Crippen molar-refractivity contribution in [3.63, 3.8) is 0 Å². The van der Waals surface area contributed by atoms with E-state index in [0.29, 0.717) is 6.07 Å². The average molecular weight is 220 g/mol. The first-order valence-electron chi connectivity index (χ1n) is 4.12. The highest BCUT2D eigenvalue weighted by atomic mass is 19.4. The fourth-order valence-corrected chi connectivity index (χ4v) is 1.32. The van der Waals surface area contributed by atoms with Crippen molar-refractivity contribution >= 4 is 5.78 Å². The zero-order chi connectivity index (χ0) is 11.8. The molecular formula is C10H8F4O. The number of halogens is 4. The molecule has 82 valence electrons. The summed E-state index contributed by atoms with van der Waals surface area (Å²) in [5.74, 6) is -2.20. The Balaban J connectivity index is 3.49. The molecule has 0 N–H and O–H groups in total. The molecule has 0 unspecified atom stereocenters. The highest BCUT2D eigenvalue weighted by molar-refractivity contribution is 5.96. The van der Waals surface area contributed by atoms with E-state index in [2.05, 4.69) is 0 Å². The van der Waals surface area contributed by atoms with E-state index in [0.717, 1.165) is 13.0 Å². The van der Waals surface area contributed by atoms with E-state index in [1.54, 1.807) is 0 Å². The predicted molar refractivity (Wildman–Crippen MR) is 46.1 cm³/mol. The number of carbonyl (C=O) groups is 1. The van der Waals surface area contributed by atoms with Crippen molar-refractivity contribution in [2.45, 2.75) is 20.0 Å². The van der Waals surface area contributed by atoms with Crippen LogP contribution in [0.4, 0.5) is 17.6 Å². The van der Waals surface area contributed by atoms with Gasteiger partial charge in [0.2, 0.25) is 0 Å². The van der Waals surface area contributed by atoms with Crippen molar-refractivity contribution in [1.82, 2.24) is 0 Å². The summed E-state index contributed by atoms with van der Waals surface area (Å²) in [5, 5.41) is 0. The number of carbonyl (C=O) groups excluding carboxylic acids is 1. The van der Waals surface area contributed by atoms with Crippen molar-refractivity contribution in [3.05, 3.63) is 34.6 Å². The highest BCUT2D eigenvalue weighted by Gasteiger charge is 2.35. The lowest BCUT2D eigenvalue weighted by molar-refractivity contribution is -0.140. The van der Waals surface area contributed by atoms with E-state index < -0.39 is 28.9 Å². The van der Waals surface area contributed by atoms with Gasteiger partial charge in [-0.1, -0.05) is 6.07 Å². The maximum absolute atomic E-state index is 13.3. The molecule has 0 saturated carbocycles. The number of hydrogen-bond donors (Lipinski definition) is 0. The zero-order valence-corrected chi connectivity index (χ0v) is 8.07. The molecule has 1 nitrogen and oxygen atoms in total. The average Bonchev–Trinajstić information content (AvgIpc) is 2.00. The van der Waals surface area contributed by atoms with Crippen LogP contribution in [0.5, 0.6) is 0 Å². The van der Waals surface area contributed by atoms with E-state index in [4.69, 9.17) is 0 Å². The molecule has 0 saturated heterocycles. The van der Waals surface area contributed by atoms with Crippen LogP contribution in [0.3, 0.4) is 0 Å². The third-order valence-electron chi connectivity index (χ3n) is 2.01. The molecule has 0 aliphatic heterocycles. The summed E-state index contributed by atoms with van der Waals surface area (Å²) >= 11 is 0. The Morgan fingerprint density at radius 1 is 1.27 bits per heavy atom. The molecule has 0 aliphatic rings. The van der Waals surface area contributed by atoms with Crippen LogP contribution in [-0.2, 0) is 6.18 Å². The quantitative estimate of drug-likeness (QED) is 0.524. The summed E-state index contributed by atoms with van der Waals surface area (Å²) in [4.78, 5) is 11.0. The van der Waals surface area contributed by atoms with E-state index in [1.807, 2.05) is 0 Å². The topological polar surface area (TPSA) is 17.1 Å². The van der Waals surface area contributed by atoms with Crippen LogP contribution < -0.4 is 0 Å². The van der Waals surface area contributed by atoms with Crippen molar-refractivity contribution in [1.29, 1.82) is 0 Å². The molecule has 0 aromatic heterocycles. The van der Waals surface area contributed by atoms with Crippen molar-refractivity contribution in [2.75, 3.05) is 0 Å². The van der Waals surface area contributed by atoms with Crippen LogP contribution in [0.15, 0.2) is 12.1 Å². The van der Waals surface area contributed by atoms with Gasteiger partial charge in [0, 0.05) is 0 Å². The summed E-state index contributed by atoms with van der Waals surface area (Å²) in [6.07, 6.45) is -4.78. The molecule has 0 atom stereocenters. The Morgan fingerprint density at radius 3 is 2.20 bits per heavy atom. The Kier molecular flexibility index (Phi) is 2.83. The van der Waals surface area contributed by atoms with Gasteiger partial charge in [0.25, 0.3) is 0 Å². The number of ketones is 1. The van der Waals surface area contributed by atoms with E-state index in [-0.39, 0.29) is 5.56 Å². The lowest BCUT2D eigenvalue weighted by Gasteiger charge is -2.11. The van der Waals surface area contributed by atoms with Gasteiger partial charge in [-0.15, -0.1) is 0 Å². The third kappa shape index (κ3) is 2.16. The van der Waals surface area contributed by atoms with Gasteiger partial charge in [-0.2, -0.15) is 13.2 Å². The molecule has 1 rings (SSSR count). The Hall–Kier alpha value is -1.39. The molecule has 0 fully saturated rings. The number of benzene rings is 1. The maximum atomic E-state index is 13.3. The first-order valence-corrected chi connectivity index (χ1v) is 4.12. The number of Topliss-reactive ketones (excluding diaryl/α,β-unsaturated/α-hetero) is 1. The predicted octanol–water partition coefficient (Wildman–Crippen LogP) is 3.36. The van der Waals surface area contributed by atoms with Crippen LogP contribution in [0.2, 0.25) is 0 Å². The molecule has 1 aromatic carbocycles. The summed E-state index contributed by atoms with van der Waals surface area (Å²) in [6, 6.07) is 1.72. The number of rotatable bonds is 1. The van der Waals surface area contributed by atoms with Gasteiger partial charge < -0.3 is 0 Å². The Bertz CT molecular complexity index is 407. The molecule has 0 amide bonds. The van der Waals surface area contributed by atoms with E-state index in [9.17, 15) is 22.4 Å². The highest BCUT2D eigenvalue weighted by Crippen LogP contribution is 2.33. The van der Waals surface area contributed by atoms with E-state index in [1.165, 1.54) is 6.92 Å². The summed E-state index contributed by atoms with van der Waals surface area (Å²) in [7, 11) is 0. The van der Waals surface area contributed by atoms with Crippen LogP contribution in [-0.4, -0.2) is 5.78 Å². The smallest absolute Gasteiger partial charge is 0.294 e. The second-order valence-electron chi connectivity index (χ2n) is 3.17. The lowest BCUT2D eigenvalue weighted by Crippen LogP contribution is -2.12. The molecule has 0 spiro atoms. The van der Waals surface area contributed by atoms with Crippen LogP contribution in [0.25, 0.3) is 0 Å². The SMILES string of the molecule is CC(=O)c1c(C)ccc(C(F)(F)F)c1F. The summed E-state index contributed by atoms with van der Waals surface area (Å²) < 4.78 is 50.2. The molecule has 5 heteroatoms. The van der Waals surface area contributed by atoms with Crippen LogP contribution in [0.1, 0.15) is 28.4 Å². The van der Waals surface area contributed by atoms with Crippen LogP contribution in [0, 0.1) is 12.7 Å². The lowest BCUT2D eigenvalue weighted by atomic mass is 10.0. The molecule has 1 aromatic rings. The molecule has 0 radical (unpaired) electrons. The van der Waals surface area contributed by atoms with E-state index >= 15 is 0 Å². The molecular weight excluding hydrogens is 212 g/mol. The van der Waals surface area contributed by atoms with Gasteiger partial charge >= 0.3 is 6.18 Å². The van der Waals surface area contributed by atoms with Gasteiger partial charge in [0.1, 0.15) is 5.82 Å². The molecule has 15 heavy (non-hydrogen) atoms. The first-order chi connectivity index (χ1) is 6.75. The second kappa shape index (κ2) is 3.64. The van der Waals surface area contributed by atoms with Gasteiger partial charge in [0.05, 0.1) is 11.1 Å². The van der Waals surface area contributed by atoms with Crippen molar-refractivity contribution in [2.24, 2.45) is 0 Å².